The first-order chi connectivity index (χ1) is 14.6. The number of anilines is 1. The summed E-state index contributed by atoms with van der Waals surface area (Å²) in [5.74, 6) is -1.87. The van der Waals surface area contributed by atoms with Gasteiger partial charge in [-0.2, -0.15) is 13.2 Å². The number of nitrogens with zero attached hydrogens (tertiary/aromatic N) is 3. The Labute approximate surface area is 183 Å². The van der Waals surface area contributed by atoms with Crippen LogP contribution in [0.3, 0.4) is 0 Å². The van der Waals surface area contributed by atoms with Gasteiger partial charge in [-0.15, -0.1) is 11.3 Å². The predicted molar refractivity (Wildman–Crippen MR) is 108 cm³/mol. The Morgan fingerprint density at radius 1 is 1.26 bits per heavy atom. The lowest BCUT2D eigenvalue weighted by molar-refractivity contribution is -0.137. The molecule has 0 saturated carbocycles. The second kappa shape index (κ2) is 8.98. The van der Waals surface area contributed by atoms with Crippen LogP contribution in [0.2, 0.25) is 5.02 Å². The Balaban J connectivity index is 1.68. The van der Waals surface area contributed by atoms with Crippen molar-refractivity contribution in [1.82, 2.24) is 15.0 Å². The van der Waals surface area contributed by atoms with E-state index in [-0.39, 0.29) is 10.7 Å². The molecule has 1 amide bonds. The van der Waals surface area contributed by atoms with Gasteiger partial charge in [0.15, 0.2) is 11.9 Å². The molecule has 0 bridgehead atoms. The minimum atomic E-state index is -4.62. The average Bonchev–Trinajstić information content (AvgIpc) is 3.11. The minimum Gasteiger partial charge on any atom is -0.448 e. The van der Waals surface area contributed by atoms with Crippen LogP contribution >= 0.6 is 22.9 Å². The van der Waals surface area contributed by atoms with E-state index in [1.807, 2.05) is 0 Å². The van der Waals surface area contributed by atoms with Crippen molar-refractivity contribution in [2.75, 3.05) is 5.32 Å². The lowest BCUT2D eigenvalue weighted by Gasteiger charge is -2.14. The van der Waals surface area contributed by atoms with E-state index < -0.39 is 34.7 Å². The smallest absolute Gasteiger partial charge is 0.417 e. The second-order valence-electron chi connectivity index (χ2n) is 6.24. The summed E-state index contributed by atoms with van der Waals surface area (Å²) in [5, 5.41) is 2.36. The summed E-state index contributed by atoms with van der Waals surface area (Å²) >= 11 is 6.83. The van der Waals surface area contributed by atoms with E-state index in [1.54, 1.807) is 31.3 Å². The van der Waals surface area contributed by atoms with Crippen LogP contribution < -0.4 is 5.32 Å². The topological polar surface area (TPSA) is 94.1 Å². The number of rotatable bonds is 5. The number of carbonyl (C=O) groups is 2. The summed E-state index contributed by atoms with van der Waals surface area (Å²) < 4.78 is 43.2. The number of alkyl halides is 3. The molecular weight excluding hydrogens is 457 g/mol. The van der Waals surface area contributed by atoms with Gasteiger partial charge < -0.3 is 10.1 Å². The van der Waals surface area contributed by atoms with Crippen molar-refractivity contribution in [3.63, 3.8) is 0 Å². The molecule has 3 aromatic heterocycles. The van der Waals surface area contributed by atoms with Crippen LogP contribution in [0.25, 0.3) is 10.7 Å². The molecule has 31 heavy (non-hydrogen) atoms. The molecule has 7 nitrogen and oxygen atoms in total. The van der Waals surface area contributed by atoms with Crippen molar-refractivity contribution in [3.05, 3.63) is 57.8 Å². The third kappa shape index (κ3) is 5.36. The molecule has 162 valence electrons. The van der Waals surface area contributed by atoms with Gasteiger partial charge in [0.05, 0.1) is 22.0 Å². The van der Waals surface area contributed by atoms with Crippen molar-refractivity contribution in [2.24, 2.45) is 0 Å². The van der Waals surface area contributed by atoms with E-state index in [0.29, 0.717) is 28.7 Å². The number of hydrogen-bond acceptors (Lipinski definition) is 7. The number of pyridine rings is 2. The van der Waals surface area contributed by atoms with Gasteiger partial charge in [-0.1, -0.05) is 17.7 Å². The third-order valence-electron chi connectivity index (χ3n) is 3.93. The molecule has 3 rings (SSSR count). The van der Waals surface area contributed by atoms with Gasteiger partial charge in [0, 0.05) is 12.4 Å². The van der Waals surface area contributed by atoms with Gasteiger partial charge in [0.25, 0.3) is 5.91 Å². The molecule has 3 heterocycles. The Hall–Kier alpha value is -3.05. The Morgan fingerprint density at radius 2 is 2.00 bits per heavy atom. The van der Waals surface area contributed by atoms with Crippen molar-refractivity contribution in [1.29, 1.82) is 0 Å². The Morgan fingerprint density at radius 3 is 2.61 bits per heavy atom. The molecule has 0 aliphatic rings. The summed E-state index contributed by atoms with van der Waals surface area (Å²) in [6.07, 6.45) is -3.76. The molecule has 0 aromatic carbocycles. The number of ether oxygens (including phenoxy) is 1. The SMILES string of the molecule is Cc1nc(-c2ccccn2)sc1C(=O)O[C@@H](C)C(=O)Nc1ncc(C(F)(F)F)cc1Cl. The maximum absolute atomic E-state index is 12.7. The van der Waals surface area contributed by atoms with E-state index in [0.717, 1.165) is 11.3 Å². The largest absolute Gasteiger partial charge is 0.448 e. The maximum atomic E-state index is 12.7. The number of hydrogen-bond donors (Lipinski definition) is 1. The third-order valence-corrected chi connectivity index (χ3v) is 5.38. The molecular formula is C19H14ClF3N4O3S. The highest BCUT2D eigenvalue weighted by Gasteiger charge is 2.32. The molecule has 1 atom stereocenters. The first kappa shape index (κ1) is 22.6. The van der Waals surface area contributed by atoms with E-state index >= 15 is 0 Å². The highest BCUT2D eigenvalue weighted by atomic mass is 35.5. The average molecular weight is 471 g/mol. The van der Waals surface area contributed by atoms with Gasteiger partial charge in [0.1, 0.15) is 9.88 Å². The number of amides is 1. The monoisotopic (exact) mass is 470 g/mol. The molecule has 0 aliphatic heterocycles. The highest BCUT2D eigenvalue weighted by molar-refractivity contribution is 7.17. The highest BCUT2D eigenvalue weighted by Crippen LogP contribution is 2.32. The van der Waals surface area contributed by atoms with E-state index in [9.17, 15) is 22.8 Å². The van der Waals surface area contributed by atoms with Crippen LogP contribution in [0.4, 0.5) is 19.0 Å². The number of nitrogens with one attached hydrogen (secondary N) is 1. The zero-order valence-electron chi connectivity index (χ0n) is 16.0. The fraction of sp³-hybridized carbons (Fsp3) is 0.211. The van der Waals surface area contributed by atoms with Crippen molar-refractivity contribution < 1.29 is 27.5 Å². The zero-order chi connectivity index (χ0) is 22.8. The van der Waals surface area contributed by atoms with Crippen molar-refractivity contribution in [3.8, 4) is 10.7 Å². The Bertz CT molecular complexity index is 1120. The van der Waals surface area contributed by atoms with Crippen LogP contribution in [0.5, 0.6) is 0 Å². The molecule has 0 radical (unpaired) electrons. The number of halogens is 4. The molecule has 12 heteroatoms. The van der Waals surface area contributed by atoms with Crippen LogP contribution in [0.1, 0.15) is 27.9 Å². The fourth-order valence-corrected chi connectivity index (χ4v) is 3.50. The van der Waals surface area contributed by atoms with E-state index in [1.165, 1.54) is 6.92 Å². The summed E-state index contributed by atoms with van der Waals surface area (Å²) in [6, 6.07) is 5.91. The molecule has 0 spiro atoms. The van der Waals surface area contributed by atoms with Crippen molar-refractivity contribution in [2.45, 2.75) is 26.1 Å². The lowest BCUT2D eigenvalue weighted by Crippen LogP contribution is -2.30. The van der Waals surface area contributed by atoms with Gasteiger partial charge in [-0.3, -0.25) is 9.78 Å². The van der Waals surface area contributed by atoms with E-state index in [2.05, 4.69) is 20.3 Å². The van der Waals surface area contributed by atoms with Gasteiger partial charge in [-0.05, 0) is 32.0 Å². The first-order valence-electron chi connectivity index (χ1n) is 8.69. The van der Waals surface area contributed by atoms with Crippen LogP contribution in [0.15, 0.2) is 36.7 Å². The Kier molecular flexibility index (Phi) is 6.56. The normalized spacial score (nSPS) is 12.3. The predicted octanol–water partition coefficient (Wildman–Crippen LogP) is 4.76. The quantitative estimate of drug-likeness (QED) is 0.540. The number of aromatic nitrogens is 3. The molecule has 0 aliphatic carbocycles. The standard InChI is InChI=1S/C19H14ClF3N4O3S/c1-9-14(31-17(26-9)13-5-3-4-6-24-13)18(29)30-10(2)16(28)27-15-12(20)7-11(8-25-15)19(21,22)23/h3-8,10H,1-2H3,(H,25,27,28)/t10-/m0/s1. The van der Waals surface area contributed by atoms with E-state index in [4.69, 9.17) is 16.3 Å². The summed E-state index contributed by atoms with van der Waals surface area (Å²) in [4.78, 5) is 37.0. The molecule has 3 aromatic rings. The molecule has 1 N–H and O–H groups in total. The zero-order valence-corrected chi connectivity index (χ0v) is 17.6. The summed E-state index contributed by atoms with van der Waals surface area (Å²) in [7, 11) is 0. The van der Waals surface area contributed by atoms with Gasteiger partial charge >= 0.3 is 12.1 Å². The molecule has 0 saturated heterocycles. The maximum Gasteiger partial charge on any atom is 0.417 e. The number of aryl methyl sites for hydroxylation is 1. The van der Waals surface area contributed by atoms with Crippen molar-refractivity contribution >= 4 is 40.6 Å². The minimum absolute atomic E-state index is 0.200. The van der Waals surface area contributed by atoms with Crippen LogP contribution in [0, 0.1) is 6.92 Å². The summed E-state index contributed by atoms with van der Waals surface area (Å²) in [6.45, 7) is 2.93. The molecule has 0 fully saturated rings. The second-order valence-corrected chi connectivity index (χ2v) is 7.64. The number of esters is 1. The number of carbonyl (C=O) groups excluding carboxylic acids is 2. The number of thiazole rings is 1. The van der Waals surface area contributed by atoms with Crippen LogP contribution in [-0.2, 0) is 15.7 Å². The van der Waals surface area contributed by atoms with Gasteiger partial charge in [0.2, 0.25) is 0 Å². The lowest BCUT2D eigenvalue weighted by atomic mass is 10.2. The van der Waals surface area contributed by atoms with Gasteiger partial charge in [-0.25, -0.2) is 14.8 Å². The molecule has 0 unspecified atom stereocenters. The fourth-order valence-electron chi connectivity index (χ4n) is 2.36. The van der Waals surface area contributed by atoms with Crippen LogP contribution in [-0.4, -0.2) is 32.9 Å². The summed E-state index contributed by atoms with van der Waals surface area (Å²) in [5.41, 5.74) is -0.0569. The first-order valence-corrected chi connectivity index (χ1v) is 9.89.